The van der Waals surface area contributed by atoms with Crippen LogP contribution >= 0.6 is 0 Å². The van der Waals surface area contributed by atoms with E-state index in [4.69, 9.17) is 9.52 Å². The molecule has 4 heteroatoms. The molecule has 2 rings (SSSR count). The van der Waals surface area contributed by atoms with E-state index in [1.165, 1.54) is 0 Å². The second-order valence-electron chi connectivity index (χ2n) is 3.58. The van der Waals surface area contributed by atoms with Crippen LogP contribution in [-0.2, 0) is 11.2 Å². The van der Waals surface area contributed by atoms with Gasteiger partial charge in [0.25, 0.3) is 0 Å². The number of hydrogen-bond acceptors (Lipinski definition) is 3. The maximum absolute atomic E-state index is 10.3. The van der Waals surface area contributed by atoms with E-state index in [1.807, 2.05) is 24.3 Å². The summed E-state index contributed by atoms with van der Waals surface area (Å²) in [6, 6.07) is 7.82. The van der Waals surface area contributed by atoms with Gasteiger partial charge in [-0.15, -0.1) is 0 Å². The van der Waals surface area contributed by atoms with Crippen molar-refractivity contribution in [1.82, 2.24) is 5.32 Å². The first-order valence-electron chi connectivity index (χ1n) is 5.15. The van der Waals surface area contributed by atoms with Crippen molar-refractivity contribution in [3.05, 3.63) is 36.1 Å². The van der Waals surface area contributed by atoms with Gasteiger partial charge in [0.05, 0.1) is 12.8 Å². The molecule has 0 saturated carbocycles. The third kappa shape index (κ3) is 2.41. The summed E-state index contributed by atoms with van der Waals surface area (Å²) in [5, 5.41) is 12.4. The third-order valence-corrected chi connectivity index (χ3v) is 2.41. The second kappa shape index (κ2) is 4.81. The summed E-state index contributed by atoms with van der Waals surface area (Å²) in [6.45, 7) is 0.631. The molecule has 0 bridgehead atoms. The van der Waals surface area contributed by atoms with Crippen LogP contribution in [0.5, 0.6) is 0 Å². The smallest absolute Gasteiger partial charge is 0.317 e. The highest BCUT2D eigenvalue weighted by Gasteiger charge is 2.04. The molecule has 2 aromatic rings. The number of fused-ring (bicyclic) bond motifs is 1. The van der Waals surface area contributed by atoms with Crippen molar-refractivity contribution in [3.8, 4) is 0 Å². The number of carboxylic acids is 1. The van der Waals surface area contributed by atoms with Gasteiger partial charge in [0.15, 0.2) is 0 Å². The van der Waals surface area contributed by atoms with Crippen molar-refractivity contribution < 1.29 is 14.3 Å². The molecule has 0 aliphatic heterocycles. The molecule has 0 saturated heterocycles. The van der Waals surface area contributed by atoms with Crippen molar-refractivity contribution in [3.63, 3.8) is 0 Å². The Bertz CT molecular complexity index is 490. The van der Waals surface area contributed by atoms with Crippen LogP contribution in [0.2, 0.25) is 0 Å². The Morgan fingerprint density at radius 1 is 1.38 bits per heavy atom. The van der Waals surface area contributed by atoms with Crippen LogP contribution in [0, 0.1) is 0 Å². The Balaban J connectivity index is 1.97. The SMILES string of the molecule is O=C(O)CNCCc1coc2ccccc12. The van der Waals surface area contributed by atoms with Crippen LogP contribution in [0.1, 0.15) is 5.56 Å². The zero-order chi connectivity index (χ0) is 11.4. The highest BCUT2D eigenvalue weighted by Crippen LogP contribution is 2.20. The van der Waals surface area contributed by atoms with E-state index in [1.54, 1.807) is 6.26 Å². The minimum atomic E-state index is -0.836. The molecule has 1 aromatic heterocycles. The summed E-state index contributed by atoms with van der Waals surface area (Å²) < 4.78 is 5.38. The lowest BCUT2D eigenvalue weighted by molar-refractivity contribution is -0.135. The predicted molar refractivity (Wildman–Crippen MR) is 60.4 cm³/mol. The molecule has 0 atom stereocenters. The number of hydrogen-bond donors (Lipinski definition) is 2. The highest BCUT2D eigenvalue weighted by atomic mass is 16.4. The Morgan fingerprint density at radius 2 is 2.19 bits per heavy atom. The Labute approximate surface area is 92.9 Å². The molecule has 1 aromatic carbocycles. The Kier molecular flexibility index (Phi) is 3.22. The van der Waals surface area contributed by atoms with Crippen molar-refractivity contribution in [2.24, 2.45) is 0 Å². The summed E-state index contributed by atoms with van der Waals surface area (Å²) in [5.41, 5.74) is 1.98. The van der Waals surface area contributed by atoms with E-state index in [0.29, 0.717) is 6.54 Å². The highest BCUT2D eigenvalue weighted by molar-refractivity contribution is 5.80. The van der Waals surface area contributed by atoms with E-state index >= 15 is 0 Å². The fourth-order valence-corrected chi connectivity index (χ4v) is 1.64. The van der Waals surface area contributed by atoms with Crippen LogP contribution in [-0.4, -0.2) is 24.2 Å². The summed E-state index contributed by atoms with van der Waals surface area (Å²) in [5.74, 6) is -0.836. The van der Waals surface area contributed by atoms with E-state index in [2.05, 4.69) is 5.32 Å². The molecule has 0 radical (unpaired) electrons. The standard InChI is InChI=1S/C12H13NO3/c14-12(15)7-13-6-5-9-8-16-11-4-2-1-3-10(9)11/h1-4,8,13H,5-7H2,(H,14,15). The van der Waals surface area contributed by atoms with Gasteiger partial charge in [-0.3, -0.25) is 4.79 Å². The maximum atomic E-state index is 10.3. The van der Waals surface area contributed by atoms with E-state index in [-0.39, 0.29) is 6.54 Å². The summed E-state index contributed by atoms with van der Waals surface area (Å²) >= 11 is 0. The fraction of sp³-hybridized carbons (Fsp3) is 0.250. The average Bonchev–Trinajstić information content (AvgIpc) is 2.68. The normalized spacial score (nSPS) is 10.8. The molecular weight excluding hydrogens is 206 g/mol. The fourth-order valence-electron chi connectivity index (χ4n) is 1.64. The minimum absolute atomic E-state index is 0.00418. The molecule has 0 fully saturated rings. The topological polar surface area (TPSA) is 62.5 Å². The van der Waals surface area contributed by atoms with Crippen molar-refractivity contribution in [1.29, 1.82) is 0 Å². The van der Waals surface area contributed by atoms with Gasteiger partial charge in [0.1, 0.15) is 5.58 Å². The number of furan rings is 1. The van der Waals surface area contributed by atoms with Gasteiger partial charge in [-0.1, -0.05) is 18.2 Å². The number of para-hydroxylation sites is 1. The first-order chi connectivity index (χ1) is 7.77. The number of nitrogens with one attached hydrogen (secondary N) is 1. The lowest BCUT2D eigenvalue weighted by Gasteiger charge is -1.99. The first kappa shape index (κ1) is 10.7. The summed E-state index contributed by atoms with van der Waals surface area (Å²) in [4.78, 5) is 10.3. The predicted octanol–water partition coefficient (Wildman–Crippen LogP) is 1.65. The van der Waals surface area contributed by atoms with Crippen LogP contribution in [0.25, 0.3) is 11.0 Å². The van der Waals surface area contributed by atoms with Crippen molar-refractivity contribution in [2.45, 2.75) is 6.42 Å². The van der Waals surface area contributed by atoms with Crippen molar-refractivity contribution >= 4 is 16.9 Å². The second-order valence-corrected chi connectivity index (χ2v) is 3.58. The zero-order valence-corrected chi connectivity index (χ0v) is 8.77. The first-order valence-corrected chi connectivity index (χ1v) is 5.15. The molecule has 0 amide bonds. The Hall–Kier alpha value is -1.81. The molecule has 0 aliphatic rings. The molecule has 2 N–H and O–H groups in total. The van der Waals surface area contributed by atoms with E-state index in [0.717, 1.165) is 23.0 Å². The van der Waals surface area contributed by atoms with Gasteiger partial charge >= 0.3 is 5.97 Å². The van der Waals surface area contributed by atoms with Crippen LogP contribution < -0.4 is 5.32 Å². The van der Waals surface area contributed by atoms with Crippen LogP contribution in [0.4, 0.5) is 0 Å². The van der Waals surface area contributed by atoms with Gasteiger partial charge in [-0.05, 0) is 24.6 Å². The number of carboxylic acid groups (broad SMARTS) is 1. The average molecular weight is 219 g/mol. The molecule has 0 aliphatic carbocycles. The number of rotatable bonds is 5. The zero-order valence-electron chi connectivity index (χ0n) is 8.77. The summed E-state index contributed by atoms with van der Waals surface area (Å²) in [7, 11) is 0. The van der Waals surface area contributed by atoms with Gasteiger partial charge < -0.3 is 14.8 Å². The minimum Gasteiger partial charge on any atom is -0.480 e. The number of aliphatic carboxylic acids is 1. The van der Waals surface area contributed by atoms with Gasteiger partial charge in [-0.2, -0.15) is 0 Å². The Morgan fingerprint density at radius 3 is 3.00 bits per heavy atom. The van der Waals surface area contributed by atoms with E-state index < -0.39 is 5.97 Å². The molecule has 0 unspecified atom stereocenters. The molecular formula is C12H13NO3. The molecule has 84 valence electrons. The third-order valence-electron chi connectivity index (χ3n) is 2.41. The van der Waals surface area contributed by atoms with Gasteiger partial charge in [-0.25, -0.2) is 0 Å². The molecule has 1 heterocycles. The van der Waals surface area contributed by atoms with Crippen LogP contribution in [0.15, 0.2) is 34.9 Å². The monoisotopic (exact) mass is 219 g/mol. The van der Waals surface area contributed by atoms with Crippen molar-refractivity contribution in [2.75, 3.05) is 13.1 Å². The maximum Gasteiger partial charge on any atom is 0.317 e. The number of benzene rings is 1. The van der Waals surface area contributed by atoms with Gasteiger partial charge in [0.2, 0.25) is 0 Å². The van der Waals surface area contributed by atoms with Crippen LogP contribution in [0.3, 0.4) is 0 Å². The summed E-state index contributed by atoms with van der Waals surface area (Å²) in [6.07, 6.45) is 2.50. The number of carbonyl (C=O) groups is 1. The van der Waals surface area contributed by atoms with Gasteiger partial charge in [0, 0.05) is 5.39 Å². The largest absolute Gasteiger partial charge is 0.480 e. The lowest BCUT2D eigenvalue weighted by atomic mass is 10.1. The lowest BCUT2D eigenvalue weighted by Crippen LogP contribution is -2.24. The van der Waals surface area contributed by atoms with E-state index in [9.17, 15) is 4.79 Å². The quantitative estimate of drug-likeness (QED) is 0.750. The molecule has 0 spiro atoms. The molecule has 4 nitrogen and oxygen atoms in total. The molecule has 16 heavy (non-hydrogen) atoms.